The second-order valence-corrected chi connectivity index (χ2v) is 3.78. The Kier molecular flexibility index (Phi) is 2.76. The van der Waals surface area contributed by atoms with Gasteiger partial charge in [0.25, 0.3) is 0 Å². The van der Waals surface area contributed by atoms with E-state index < -0.39 is 0 Å². The van der Waals surface area contributed by atoms with Crippen molar-refractivity contribution >= 4 is 0 Å². The second-order valence-electron chi connectivity index (χ2n) is 3.78. The first kappa shape index (κ1) is 8.10. The zero-order valence-corrected chi connectivity index (χ0v) is 7.56. The van der Waals surface area contributed by atoms with Crippen LogP contribution >= 0.6 is 0 Å². The quantitative estimate of drug-likeness (QED) is 0.483. The van der Waals surface area contributed by atoms with Gasteiger partial charge in [-0.1, -0.05) is 20.8 Å². The molecule has 2 bridgehead atoms. The standard InChI is InChI=1S/C8H14.C2H6/c1-6-2-7-4-8(3-6)5-7;1-2/h6-8H,2-5H2,1H3;1-2H3. The van der Waals surface area contributed by atoms with Crippen LogP contribution in [0.3, 0.4) is 0 Å². The molecule has 0 nitrogen and oxygen atoms in total. The van der Waals surface area contributed by atoms with Crippen LogP contribution in [0.1, 0.15) is 46.5 Å². The molecule has 10 heavy (non-hydrogen) atoms. The zero-order valence-electron chi connectivity index (χ0n) is 7.56. The van der Waals surface area contributed by atoms with Gasteiger partial charge in [-0.3, -0.25) is 0 Å². The third kappa shape index (κ3) is 1.53. The molecule has 0 amide bonds. The fourth-order valence-electron chi connectivity index (χ4n) is 2.49. The topological polar surface area (TPSA) is 0 Å². The molecule has 0 spiro atoms. The highest BCUT2D eigenvalue weighted by molar-refractivity contribution is 4.87. The van der Waals surface area contributed by atoms with Gasteiger partial charge in [-0.25, -0.2) is 0 Å². The summed E-state index contributed by atoms with van der Waals surface area (Å²) < 4.78 is 0. The molecule has 0 atom stereocenters. The minimum absolute atomic E-state index is 1.06. The number of rotatable bonds is 0. The molecule has 0 aromatic heterocycles. The highest BCUT2D eigenvalue weighted by atomic mass is 14.4. The molecule has 3 aliphatic rings. The third-order valence-electron chi connectivity index (χ3n) is 2.80. The van der Waals surface area contributed by atoms with Crippen LogP contribution in [0, 0.1) is 17.8 Å². The van der Waals surface area contributed by atoms with Crippen LogP contribution in [-0.2, 0) is 0 Å². The normalized spacial score (nSPS) is 42.9. The Morgan fingerprint density at radius 1 is 0.800 bits per heavy atom. The molecule has 0 saturated heterocycles. The third-order valence-corrected chi connectivity index (χ3v) is 2.80. The molecule has 3 rings (SSSR count). The molecule has 3 aliphatic carbocycles. The van der Waals surface area contributed by atoms with Crippen molar-refractivity contribution in [3.8, 4) is 0 Å². The van der Waals surface area contributed by atoms with Crippen molar-refractivity contribution < 1.29 is 0 Å². The Morgan fingerprint density at radius 2 is 1.20 bits per heavy atom. The van der Waals surface area contributed by atoms with E-state index in [4.69, 9.17) is 0 Å². The van der Waals surface area contributed by atoms with Crippen molar-refractivity contribution in [2.24, 2.45) is 17.8 Å². The van der Waals surface area contributed by atoms with Gasteiger partial charge in [-0.15, -0.1) is 0 Å². The van der Waals surface area contributed by atoms with Gasteiger partial charge in [0.05, 0.1) is 0 Å². The van der Waals surface area contributed by atoms with Gasteiger partial charge in [0.2, 0.25) is 0 Å². The Balaban J connectivity index is 0.000000231. The average Bonchev–Trinajstić information content (AvgIpc) is 1.90. The van der Waals surface area contributed by atoms with Gasteiger partial charge in [0.15, 0.2) is 0 Å². The summed E-state index contributed by atoms with van der Waals surface area (Å²) in [6.07, 6.45) is 6.22. The summed E-state index contributed by atoms with van der Waals surface area (Å²) in [7, 11) is 0. The molecular weight excluding hydrogens is 120 g/mol. The number of hydrogen-bond acceptors (Lipinski definition) is 0. The summed E-state index contributed by atoms with van der Waals surface area (Å²) in [4.78, 5) is 0. The van der Waals surface area contributed by atoms with Crippen LogP contribution in [0.25, 0.3) is 0 Å². The number of fused-ring (bicyclic) bond motifs is 2. The van der Waals surface area contributed by atoms with E-state index in [0.29, 0.717) is 0 Å². The minimum atomic E-state index is 1.06. The maximum absolute atomic E-state index is 2.40. The maximum Gasteiger partial charge on any atom is -0.0406 e. The van der Waals surface area contributed by atoms with Crippen LogP contribution in [0.4, 0.5) is 0 Å². The van der Waals surface area contributed by atoms with Gasteiger partial charge in [-0.05, 0) is 43.4 Å². The van der Waals surface area contributed by atoms with E-state index in [0.717, 1.165) is 17.8 Å². The van der Waals surface area contributed by atoms with Crippen LogP contribution in [0.2, 0.25) is 0 Å². The summed E-state index contributed by atoms with van der Waals surface area (Å²) in [5, 5.41) is 0. The molecule has 60 valence electrons. The second kappa shape index (κ2) is 3.41. The van der Waals surface area contributed by atoms with Crippen LogP contribution in [-0.4, -0.2) is 0 Å². The smallest absolute Gasteiger partial charge is 0.0406 e. The lowest BCUT2D eigenvalue weighted by atomic mass is 9.62. The summed E-state index contributed by atoms with van der Waals surface area (Å²) in [6.45, 7) is 6.40. The minimum Gasteiger partial charge on any atom is -0.0683 e. The van der Waals surface area contributed by atoms with Crippen molar-refractivity contribution in [1.82, 2.24) is 0 Å². The lowest BCUT2D eigenvalue weighted by Crippen LogP contribution is -2.32. The van der Waals surface area contributed by atoms with Crippen LogP contribution in [0.5, 0.6) is 0 Å². The Hall–Kier alpha value is 0. The summed E-state index contributed by atoms with van der Waals surface area (Å²) in [5.41, 5.74) is 0. The van der Waals surface area contributed by atoms with Gasteiger partial charge in [0.1, 0.15) is 0 Å². The van der Waals surface area contributed by atoms with E-state index in [9.17, 15) is 0 Å². The molecule has 3 fully saturated rings. The summed E-state index contributed by atoms with van der Waals surface area (Å²) in [5.74, 6) is 3.37. The van der Waals surface area contributed by atoms with Crippen molar-refractivity contribution in [3.63, 3.8) is 0 Å². The van der Waals surface area contributed by atoms with Gasteiger partial charge in [-0.2, -0.15) is 0 Å². The molecule has 0 N–H and O–H groups in total. The SMILES string of the molecule is CC.CC1CC2CC(C1)C2. The lowest BCUT2D eigenvalue weighted by Gasteiger charge is -2.44. The Bertz CT molecular complexity index is 80.2. The van der Waals surface area contributed by atoms with Crippen molar-refractivity contribution in [2.75, 3.05) is 0 Å². The predicted molar refractivity (Wildman–Crippen MR) is 46.0 cm³/mol. The Morgan fingerprint density at radius 3 is 1.40 bits per heavy atom. The molecule has 0 radical (unpaired) electrons. The number of hydrogen-bond donors (Lipinski definition) is 0. The summed E-state index contributed by atoms with van der Waals surface area (Å²) >= 11 is 0. The first-order valence-electron chi connectivity index (χ1n) is 4.84. The molecule has 0 aromatic rings. The van der Waals surface area contributed by atoms with Gasteiger partial charge in [0, 0.05) is 0 Å². The predicted octanol–water partition coefficient (Wildman–Crippen LogP) is 3.47. The fraction of sp³-hybridized carbons (Fsp3) is 1.00. The van der Waals surface area contributed by atoms with Crippen LogP contribution in [0.15, 0.2) is 0 Å². The highest BCUT2D eigenvalue weighted by Crippen LogP contribution is 2.47. The van der Waals surface area contributed by atoms with E-state index in [1.807, 2.05) is 13.8 Å². The monoisotopic (exact) mass is 140 g/mol. The first-order chi connectivity index (χ1) is 4.84. The molecule has 0 unspecified atom stereocenters. The van der Waals surface area contributed by atoms with Crippen molar-refractivity contribution in [1.29, 1.82) is 0 Å². The van der Waals surface area contributed by atoms with Crippen molar-refractivity contribution in [2.45, 2.75) is 46.5 Å². The van der Waals surface area contributed by atoms with Gasteiger partial charge >= 0.3 is 0 Å². The van der Waals surface area contributed by atoms with Crippen molar-refractivity contribution in [3.05, 3.63) is 0 Å². The largest absolute Gasteiger partial charge is 0.0683 e. The van der Waals surface area contributed by atoms with E-state index in [1.54, 1.807) is 12.8 Å². The fourth-order valence-corrected chi connectivity index (χ4v) is 2.49. The van der Waals surface area contributed by atoms with E-state index >= 15 is 0 Å². The highest BCUT2D eigenvalue weighted by Gasteiger charge is 2.35. The molecule has 3 saturated carbocycles. The molecular formula is C10H20. The van der Waals surface area contributed by atoms with E-state index in [1.165, 1.54) is 12.8 Å². The van der Waals surface area contributed by atoms with Crippen LogP contribution < -0.4 is 0 Å². The average molecular weight is 140 g/mol. The first-order valence-corrected chi connectivity index (χ1v) is 4.84. The van der Waals surface area contributed by atoms with Gasteiger partial charge < -0.3 is 0 Å². The lowest BCUT2D eigenvalue weighted by molar-refractivity contribution is 0.0751. The maximum atomic E-state index is 2.40. The zero-order chi connectivity index (χ0) is 7.56. The molecule has 0 aliphatic heterocycles. The molecule has 0 heteroatoms. The summed E-state index contributed by atoms with van der Waals surface area (Å²) in [6, 6.07) is 0. The Labute approximate surface area is 65.0 Å². The molecule has 0 heterocycles. The molecule has 0 aromatic carbocycles. The van der Waals surface area contributed by atoms with E-state index in [-0.39, 0.29) is 0 Å². The van der Waals surface area contributed by atoms with E-state index in [2.05, 4.69) is 6.92 Å².